The highest BCUT2D eigenvalue weighted by molar-refractivity contribution is 5.80. The highest BCUT2D eigenvalue weighted by Crippen LogP contribution is 2.09. The van der Waals surface area contributed by atoms with Gasteiger partial charge in [-0.25, -0.2) is 0 Å². The van der Waals surface area contributed by atoms with E-state index in [-0.39, 0.29) is 0 Å². The lowest BCUT2D eigenvalue weighted by Gasteiger charge is -2.03. The predicted octanol–water partition coefficient (Wildman–Crippen LogP) is 3.75. The Labute approximate surface area is 95.4 Å². The van der Waals surface area contributed by atoms with Crippen LogP contribution in [0.2, 0.25) is 0 Å². The number of rotatable bonds is 9. The Morgan fingerprint density at radius 3 is 2.40 bits per heavy atom. The fourth-order valence-electron chi connectivity index (χ4n) is 1.58. The molecule has 0 aromatic rings. The minimum atomic E-state index is 0.833. The summed E-state index contributed by atoms with van der Waals surface area (Å²) in [6, 6.07) is 0. The van der Waals surface area contributed by atoms with Gasteiger partial charge in [0, 0.05) is 13.0 Å². The quantitative estimate of drug-likeness (QED) is 0.353. The van der Waals surface area contributed by atoms with E-state index in [1.807, 2.05) is 0 Å². The third kappa shape index (κ3) is 11.4. The van der Waals surface area contributed by atoms with Gasteiger partial charge in [0.25, 0.3) is 0 Å². The molecule has 0 saturated heterocycles. The molecule has 0 unspecified atom stereocenters. The highest BCUT2D eigenvalue weighted by atomic mass is 14.8. The van der Waals surface area contributed by atoms with Crippen LogP contribution in [0.4, 0.5) is 0 Å². The molecule has 0 fully saturated rings. The van der Waals surface area contributed by atoms with Gasteiger partial charge in [-0.1, -0.05) is 46.5 Å². The normalized spacial score (nSPS) is 12.4. The first kappa shape index (κ1) is 14.5. The second-order valence-electron chi connectivity index (χ2n) is 4.72. The molecule has 0 heterocycles. The molecule has 0 saturated carbocycles. The lowest BCUT2D eigenvalue weighted by molar-refractivity contribution is 0.521. The Bertz CT molecular complexity index is 162. The van der Waals surface area contributed by atoms with Crippen LogP contribution in [0.25, 0.3) is 0 Å². The Balaban J connectivity index is 3.20. The topological polar surface area (TPSA) is 38.4 Å². The van der Waals surface area contributed by atoms with Crippen molar-refractivity contribution in [3.8, 4) is 0 Å². The van der Waals surface area contributed by atoms with Crippen molar-refractivity contribution in [3.63, 3.8) is 0 Å². The third-order valence-corrected chi connectivity index (χ3v) is 2.51. The van der Waals surface area contributed by atoms with Gasteiger partial charge in [-0.15, -0.1) is 0 Å². The number of nitrogens with zero attached hydrogens (tertiary/aromatic N) is 1. The molecule has 0 spiro atoms. The van der Waals surface area contributed by atoms with Gasteiger partial charge >= 0.3 is 0 Å². The van der Waals surface area contributed by atoms with Crippen molar-refractivity contribution >= 4 is 5.84 Å². The first-order valence-corrected chi connectivity index (χ1v) is 6.45. The monoisotopic (exact) mass is 212 g/mol. The summed E-state index contributed by atoms with van der Waals surface area (Å²) in [5, 5.41) is 0. The summed E-state index contributed by atoms with van der Waals surface area (Å²) >= 11 is 0. The van der Waals surface area contributed by atoms with E-state index in [1.54, 1.807) is 0 Å². The van der Waals surface area contributed by atoms with Crippen LogP contribution in [0.3, 0.4) is 0 Å². The molecule has 90 valence electrons. The molecule has 2 heteroatoms. The van der Waals surface area contributed by atoms with Gasteiger partial charge in [-0.3, -0.25) is 4.99 Å². The lowest BCUT2D eigenvalue weighted by Crippen LogP contribution is -2.11. The second kappa shape index (κ2) is 10.0. The van der Waals surface area contributed by atoms with E-state index in [2.05, 4.69) is 25.8 Å². The number of unbranched alkanes of at least 4 members (excludes halogenated alkanes) is 3. The Kier molecular flexibility index (Phi) is 9.65. The molecular formula is C13H28N2. The largest absolute Gasteiger partial charge is 0.387 e. The van der Waals surface area contributed by atoms with Crippen molar-refractivity contribution in [1.29, 1.82) is 0 Å². The number of aliphatic imine (C=N–C) groups is 1. The smallest absolute Gasteiger partial charge is 0.0936 e. The second-order valence-corrected chi connectivity index (χ2v) is 4.72. The van der Waals surface area contributed by atoms with Gasteiger partial charge in [-0.05, 0) is 18.8 Å². The summed E-state index contributed by atoms with van der Waals surface area (Å²) < 4.78 is 0. The summed E-state index contributed by atoms with van der Waals surface area (Å²) in [6.07, 6.45) is 8.63. The van der Waals surface area contributed by atoms with E-state index < -0.39 is 0 Å². The van der Waals surface area contributed by atoms with Gasteiger partial charge in [-0.2, -0.15) is 0 Å². The fraction of sp³-hybridized carbons (Fsp3) is 0.923. The molecule has 0 atom stereocenters. The molecule has 0 aromatic heterocycles. The standard InChI is InChI=1S/C13H28N2/c1-4-9-13(14)15-11-8-6-5-7-10-12(2)3/h12H,4-11H2,1-3H3,(H2,14,15). The summed E-state index contributed by atoms with van der Waals surface area (Å²) in [6.45, 7) is 7.63. The summed E-state index contributed by atoms with van der Waals surface area (Å²) in [7, 11) is 0. The molecule has 0 bridgehead atoms. The molecular weight excluding hydrogens is 184 g/mol. The lowest BCUT2D eigenvalue weighted by atomic mass is 10.0. The van der Waals surface area contributed by atoms with Crippen molar-refractivity contribution in [3.05, 3.63) is 0 Å². The molecule has 2 nitrogen and oxygen atoms in total. The first-order chi connectivity index (χ1) is 7.16. The van der Waals surface area contributed by atoms with Crippen LogP contribution in [0, 0.1) is 5.92 Å². The molecule has 0 amide bonds. The highest BCUT2D eigenvalue weighted by Gasteiger charge is 1.94. The number of nitrogens with two attached hydrogens (primary N) is 1. The fourth-order valence-corrected chi connectivity index (χ4v) is 1.58. The maximum Gasteiger partial charge on any atom is 0.0936 e. The molecule has 15 heavy (non-hydrogen) atoms. The van der Waals surface area contributed by atoms with Crippen LogP contribution >= 0.6 is 0 Å². The Hall–Kier alpha value is -0.530. The maximum atomic E-state index is 5.71. The van der Waals surface area contributed by atoms with E-state index in [9.17, 15) is 0 Å². The molecule has 0 rings (SSSR count). The third-order valence-electron chi connectivity index (χ3n) is 2.51. The van der Waals surface area contributed by atoms with Gasteiger partial charge < -0.3 is 5.73 Å². The van der Waals surface area contributed by atoms with E-state index in [1.165, 1.54) is 32.1 Å². The minimum absolute atomic E-state index is 0.833. The van der Waals surface area contributed by atoms with Crippen molar-refractivity contribution < 1.29 is 0 Å². The number of amidine groups is 1. The van der Waals surface area contributed by atoms with Gasteiger partial charge in [0.1, 0.15) is 0 Å². The zero-order valence-electron chi connectivity index (χ0n) is 10.8. The predicted molar refractivity (Wildman–Crippen MR) is 69.3 cm³/mol. The Morgan fingerprint density at radius 1 is 1.13 bits per heavy atom. The first-order valence-electron chi connectivity index (χ1n) is 6.45. The van der Waals surface area contributed by atoms with Crippen LogP contribution in [0.1, 0.15) is 65.7 Å². The van der Waals surface area contributed by atoms with Crippen LogP contribution in [-0.4, -0.2) is 12.4 Å². The van der Waals surface area contributed by atoms with Crippen LogP contribution in [0.15, 0.2) is 4.99 Å². The molecule has 0 radical (unpaired) electrons. The zero-order chi connectivity index (χ0) is 11.5. The van der Waals surface area contributed by atoms with Crippen molar-refractivity contribution in [2.45, 2.75) is 65.7 Å². The van der Waals surface area contributed by atoms with E-state index in [4.69, 9.17) is 5.73 Å². The molecule has 0 aliphatic rings. The van der Waals surface area contributed by atoms with Crippen LogP contribution in [-0.2, 0) is 0 Å². The average Bonchev–Trinajstić information content (AvgIpc) is 2.16. The minimum Gasteiger partial charge on any atom is -0.387 e. The SMILES string of the molecule is CCCC(N)=NCCCCCCC(C)C. The van der Waals surface area contributed by atoms with E-state index in [0.717, 1.165) is 31.1 Å². The Morgan fingerprint density at radius 2 is 1.80 bits per heavy atom. The number of hydrogen-bond donors (Lipinski definition) is 1. The van der Waals surface area contributed by atoms with Gasteiger partial charge in [0.15, 0.2) is 0 Å². The van der Waals surface area contributed by atoms with Crippen LogP contribution in [0.5, 0.6) is 0 Å². The van der Waals surface area contributed by atoms with E-state index in [0.29, 0.717) is 0 Å². The summed E-state index contributed by atoms with van der Waals surface area (Å²) in [4.78, 5) is 4.34. The van der Waals surface area contributed by atoms with Gasteiger partial charge in [0.2, 0.25) is 0 Å². The van der Waals surface area contributed by atoms with E-state index >= 15 is 0 Å². The van der Waals surface area contributed by atoms with Crippen molar-refractivity contribution in [2.75, 3.05) is 6.54 Å². The molecule has 0 aliphatic heterocycles. The number of hydrogen-bond acceptors (Lipinski definition) is 1. The molecule has 0 aromatic carbocycles. The summed E-state index contributed by atoms with van der Waals surface area (Å²) in [5.74, 6) is 1.68. The summed E-state index contributed by atoms with van der Waals surface area (Å²) in [5.41, 5.74) is 5.71. The molecule has 0 aliphatic carbocycles. The van der Waals surface area contributed by atoms with Crippen molar-refractivity contribution in [2.24, 2.45) is 16.6 Å². The average molecular weight is 212 g/mol. The maximum absolute atomic E-state index is 5.71. The van der Waals surface area contributed by atoms with Crippen molar-refractivity contribution in [1.82, 2.24) is 0 Å². The van der Waals surface area contributed by atoms with Crippen LogP contribution < -0.4 is 5.73 Å². The van der Waals surface area contributed by atoms with Gasteiger partial charge in [0.05, 0.1) is 5.84 Å². The zero-order valence-corrected chi connectivity index (χ0v) is 10.8. The molecule has 2 N–H and O–H groups in total.